The maximum atomic E-state index is 12.3. The normalized spacial score (nSPS) is 11.8. The molecular formula is C12H10F3N5O3. The number of hydrogen-bond donors (Lipinski definition) is 1. The molecule has 122 valence electrons. The SMILES string of the molecule is Cc1cn(N=Cc2cccc(OC(F)(F)F)c2[N+](=O)[O-])c(N)n1. The number of aromatic nitrogens is 2. The minimum Gasteiger partial charge on any atom is -0.398 e. The summed E-state index contributed by atoms with van der Waals surface area (Å²) in [6, 6.07) is 3.25. The Hall–Kier alpha value is -3.11. The van der Waals surface area contributed by atoms with Crippen LogP contribution in [-0.2, 0) is 0 Å². The van der Waals surface area contributed by atoms with Crippen LogP contribution >= 0.6 is 0 Å². The third kappa shape index (κ3) is 3.96. The number of nitro groups is 1. The zero-order valence-corrected chi connectivity index (χ0v) is 11.6. The molecule has 0 fully saturated rings. The van der Waals surface area contributed by atoms with Crippen molar-refractivity contribution in [1.82, 2.24) is 9.66 Å². The van der Waals surface area contributed by atoms with Gasteiger partial charge < -0.3 is 10.5 Å². The lowest BCUT2D eigenvalue weighted by Gasteiger charge is -2.09. The zero-order chi connectivity index (χ0) is 17.2. The molecule has 2 rings (SSSR count). The Bertz CT molecular complexity index is 770. The van der Waals surface area contributed by atoms with E-state index in [4.69, 9.17) is 5.73 Å². The first-order valence-corrected chi connectivity index (χ1v) is 6.06. The van der Waals surface area contributed by atoms with E-state index in [0.717, 1.165) is 17.0 Å². The number of nitrogens with zero attached hydrogens (tertiary/aromatic N) is 4. The summed E-state index contributed by atoms with van der Waals surface area (Å²) >= 11 is 0. The number of aryl methyl sites for hydroxylation is 1. The van der Waals surface area contributed by atoms with E-state index in [1.165, 1.54) is 18.3 Å². The highest BCUT2D eigenvalue weighted by Gasteiger charge is 2.35. The molecule has 0 aliphatic carbocycles. The summed E-state index contributed by atoms with van der Waals surface area (Å²) in [6.07, 6.45) is -2.60. The van der Waals surface area contributed by atoms with Gasteiger partial charge in [-0.1, -0.05) is 6.07 Å². The molecule has 1 aromatic carbocycles. The van der Waals surface area contributed by atoms with E-state index in [-0.39, 0.29) is 11.5 Å². The van der Waals surface area contributed by atoms with E-state index in [1.807, 2.05) is 0 Å². The molecule has 0 saturated carbocycles. The smallest absolute Gasteiger partial charge is 0.398 e. The van der Waals surface area contributed by atoms with Crippen LogP contribution in [0.5, 0.6) is 5.75 Å². The molecule has 11 heteroatoms. The maximum absolute atomic E-state index is 12.3. The Morgan fingerprint density at radius 3 is 2.70 bits per heavy atom. The van der Waals surface area contributed by atoms with E-state index in [0.29, 0.717) is 5.69 Å². The second kappa shape index (κ2) is 5.94. The predicted molar refractivity (Wildman–Crippen MR) is 74.1 cm³/mol. The Balaban J connectivity index is 2.44. The van der Waals surface area contributed by atoms with Gasteiger partial charge in [0.25, 0.3) is 0 Å². The molecule has 23 heavy (non-hydrogen) atoms. The van der Waals surface area contributed by atoms with Crippen LogP contribution in [0.25, 0.3) is 0 Å². The standard InChI is InChI=1S/C12H10F3N5O3/c1-7-6-19(11(16)18-7)17-5-8-3-2-4-9(10(8)20(21)22)23-12(13,14)15/h2-6H,1H3,(H2,16,18). The van der Waals surface area contributed by atoms with Crippen molar-refractivity contribution in [2.45, 2.75) is 13.3 Å². The molecule has 0 unspecified atom stereocenters. The number of nitrogen functional groups attached to an aromatic ring is 1. The average molecular weight is 329 g/mol. The summed E-state index contributed by atoms with van der Waals surface area (Å²) < 4.78 is 41.7. The number of anilines is 1. The van der Waals surface area contributed by atoms with Crippen LogP contribution in [-0.4, -0.2) is 27.2 Å². The van der Waals surface area contributed by atoms with Crippen molar-refractivity contribution >= 4 is 17.9 Å². The minimum absolute atomic E-state index is 0.0316. The number of hydrogen-bond acceptors (Lipinski definition) is 6. The first-order valence-electron chi connectivity index (χ1n) is 6.06. The quantitative estimate of drug-likeness (QED) is 0.526. The van der Waals surface area contributed by atoms with E-state index >= 15 is 0 Å². The summed E-state index contributed by atoms with van der Waals surface area (Å²) in [5.74, 6) is -0.898. The first kappa shape index (κ1) is 16.3. The molecule has 0 saturated heterocycles. The third-order valence-electron chi connectivity index (χ3n) is 2.59. The van der Waals surface area contributed by atoms with E-state index < -0.39 is 22.7 Å². The molecule has 1 heterocycles. The number of benzene rings is 1. The molecule has 0 spiro atoms. The van der Waals surface area contributed by atoms with Crippen molar-refractivity contribution < 1.29 is 22.8 Å². The van der Waals surface area contributed by atoms with Crippen LogP contribution in [0, 0.1) is 17.0 Å². The van der Waals surface area contributed by atoms with Crippen LogP contribution in [0.2, 0.25) is 0 Å². The Morgan fingerprint density at radius 1 is 1.48 bits per heavy atom. The van der Waals surface area contributed by atoms with Crippen molar-refractivity contribution in [2.24, 2.45) is 5.10 Å². The zero-order valence-electron chi connectivity index (χ0n) is 11.6. The van der Waals surface area contributed by atoms with Gasteiger partial charge in [-0.15, -0.1) is 13.2 Å². The van der Waals surface area contributed by atoms with Crippen LogP contribution in [0.3, 0.4) is 0 Å². The predicted octanol–water partition coefficient (Wildman–Crippen LogP) is 2.46. The van der Waals surface area contributed by atoms with Crippen molar-refractivity contribution in [3.8, 4) is 5.75 Å². The van der Waals surface area contributed by atoms with Gasteiger partial charge in [-0.05, 0) is 19.1 Å². The Labute approximate surface area is 127 Å². The highest BCUT2D eigenvalue weighted by molar-refractivity contribution is 5.87. The van der Waals surface area contributed by atoms with Crippen LogP contribution in [0.1, 0.15) is 11.3 Å². The van der Waals surface area contributed by atoms with Gasteiger partial charge in [0, 0.05) is 0 Å². The van der Waals surface area contributed by atoms with Gasteiger partial charge in [0.15, 0.2) is 0 Å². The van der Waals surface area contributed by atoms with Crippen LogP contribution < -0.4 is 10.5 Å². The molecule has 0 bridgehead atoms. The fourth-order valence-electron chi connectivity index (χ4n) is 1.77. The summed E-state index contributed by atoms with van der Waals surface area (Å²) in [5, 5.41) is 14.9. The molecular weight excluding hydrogens is 319 g/mol. The van der Waals surface area contributed by atoms with Gasteiger partial charge in [-0.2, -0.15) is 5.10 Å². The van der Waals surface area contributed by atoms with Gasteiger partial charge >= 0.3 is 12.0 Å². The lowest BCUT2D eigenvalue weighted by atomic mass is 10.2. The lowest BCUT2D eigenvalue weighted by Crippen LogP contribution is -2.18. The molecule has 0 aliphatic rings. The monoisotopic (exact) mass is 329 g/mol. The van der Waals surface area contributed by atoms with Gasteiger partial charge in [-0.25, -0.2) is 9.66 Å². The second-order valence-electron chi connectivity index (χ2n) is 4.33. The minimum atomic E-state index is -5.05. The molecule has 2 N–H and O–H groups in total. The van der Waals surface area contributed by atoms with Crippen molar-refractivity contribution in [1.29, 1.82) is 0 Å². The fraction of sp³-hybridized carbons (Fsp3) is 0.167. The summed E-state index contributed by atoms with van der Waals surface area (Å²) in [5.41, 5.74) is 5.07. The van der Waals surface area contributed by atoms with E-state index in [1.54, 1.807) is 6.92 Å². The number of para-hydroxylation sites is 1. The highest BCUT2D eigenvalue weighted by Crippen LogP contribution is 2.34. The van der Waals surface area contributed by atoms with Gasteiger partial charge in [0.05, 0.1) is 28.6 Å². The summed E-state index contributed by atoms with van der Waals surface area (Å²) in [4.78, 5) is 13.9. The van der Waals surface area contributed by atoms with Crippen LogP contribution in [0.4, 0.5) is 24.8 Å². The van der Waals surface area contributed by atoms with E-state index in [2.05, 4.69) is 14.8 Å². The van der Waals surface area contributed by atoms with Crippen molar-refractivity contribution in [2.75, 3.05) is 5.73 Å². The molecule has 0 amide bonds. The van der Waals surface area contributed by atoms with Crippen molar-refractivity contribution in [3.63, 3.8) is 0 Å². The molecule has 0 radical (unpaired) electrons. The Morgan fingerprint density at radius 2 is 2.17 bits per heavy atom. The molecule has 0 aliphatic heterocycles. The molecule has 8 nitrogen and oxygen atoms in total. The number of nitrogens with two attached hydrogens (primary N) is 1. The van der Waals surface area contributed by atoms with Gasteiger partial charge in [0.1, 0.15) is 0 Å². The number of imidazole rings is 1. The maximum Gasteiger partial charge on any atom is 0.573 e. The number of alkyl halides is 3. The average Bonchev–Trinajstić information content (AvgIpc) is 2.72. The number of rotatable bonds is 4. The molecule has 1 aromatic heterocycles. The second-order valence-corrected chi connectivity index (χ2v) is 4.33. The molecule has 0 atom stereocenters. The molecule has 2 aromatic rings. The summed E-state index contributed by atoms with van der Waals surface area (Å²) in [6.45, 7) is 1.66. The number of nitro benzene ring substituents is 1. The lowest BCUT2D eigenvalue weighted by molar-refractivity contribution is -0.388. The summed E-state index contributed by atoms with van der Waals surface area (Å²) in [7, 11) is 0. The fourth-order valence-corrected chi connectivity index (χ4v) is 1.77. The van der Waals surface area contributed by atoms with E-state index in [9.17, 15) is 23.3 Å². The van der Waals surface area contributed by atoms with Crippen LogP contribution in [0.15, 0.2) is 29.5 Å². The van der Waals surface area contributed by atoms with Gasteiger partial charge in [-0.3, -0.25) is 10.1 Å². The van der Waals surface area contributed by atoms with Crippen molar-refractivity contribution in [3.05, 3.63) is 45.8 Å². The Kier molecular flexibility index (Phi) is 4.20. The topological polar surface area (TPSA) is 109 Å². The first-order chi connectivity index (χ1) is 10.7. The largest absolute Gasteiger partial charge is 0.573 e. The number of ether oxygens (including phenoxy) is 1. The van der Waals surface area contributed by atoms with Gasteiger partial charge in [0.2, 0.25) is 11.7 Å². The third-order valence-corrected chi connectivity index (χ3v) is 2.59. The highest BCUT2D eigenvalue weighted by atomic mass is 19.4. The number of halogens is 3.